The van der Waals surface area contributed by atoms with E-state index >= 15 is 0 Å². The number of benzene rings is 2. The van der Waals surface area contributed by atoms with Gasteiger partial charge in [0.1, 0.15) is 5.75 Å². The topological polar surface area (TPSA) is 62.1 Å². The molecule has 0 unspecified atom stereocenters. The van der Waals surface area contributed by atoms with Crippen LogP contribution in [0.1, 0.15) is 17.5 Å². The van der Waals surface area contributed by atoms with Crippen LogP contribution in [0.3, 0.4) is 0 Å². The van der Waals surface area contributed by atoms with Crippen molar-refractivity contribution in [3.8, 4) is 5.75 Å². The van der Waals surface area contributed by atoms with Crippen molar-refractivity contribution in [2.24, 2.45) is 5.10 Å². The number of aryl methyl sites for hydroxylation is 1. The second-order valence-corrected chi connectivity index (χ2v) is 6.72. The molecule has 148 valence electrons. The summed E-state index contributed by atoms with van der Waals surface area (Å²) in [5, 5.41) is 14.6. The van der Waals surface area contributed by atoms with Crippen LogP contribution >= 0.6 is 11.6 Å². The monoisotopic (exact) mass is 412 g/mol. The van der Waals surface area contributed by atoms with Gasteiger partial charge in [0.05, 0.1) is 12.1 Å². The molecule has 0 spiro atoms. The number of alkyl halides is 3. The van der Waals surface area contributed by atoms with Crippen molar-refractivity contribution in [1.82, 2.24) is 5.01 Å². The zero-order valence-electron chi connectivity index (χ0n) is 14.7. The zero-order chi connectivity index (χ0) is 20.5. The maximum absolute atomic E-state index is 13.5. The van der Waals surface area contributed by atoms with E-state index in [9.17, 15) is 23.1 Å². The highest BCUT2D eigenvalue weighted by Gasteiger charge is 2.63. The molecule has 1 aliphatic heterocycles. The first-order valence-corrected chi connectivity index (χ1v) is 8.63. The fourth-order valence-electron chi connectivity index (χ4n) is 2.73. The first-order chi connectivity index (χ1) is 13.1. The zero-order valence-corrected chi connectivity index (χ0v) is 15.5. The molecule has 1 N–H and O–H groups in total. The standard InChI is InChI=1S/C19H16ClF3N2O3/c1-12-9-14(7-8-15(12)20)28-11-17(26)25-18(27,19(21,22)23)10-16(24-25)13-5-3-2-4-6-13/h2-9,27H,10-11H2,1H3/t18-/m0/s1. The van der Waals surface area contributed by atoms with Gasteiger partial charge in [-0.1, -0.05) is 41.9 Å². The van der Waals surface area contributed by atoms with E-state index in [0.29, 0.717) is 16.1 Å². The molecule has 3 rings (SSSR count). The molecule has 0 saturated heterocycles. The SMILES string of the molecule is Cc1cc(OCC(=O)N2N=C(c3ccccc3)C[C@]2(O)C(F)(F)F)ccc1Cl. The molecular formula is C19H16ClF3N2O3. The van der Waals surface area contributed by atoms with Crippen molar-refractivity contribution in [2.45, 2.75) is 25.2 Å². The summed E-state index contributed by atoms with van der Waals surface area (Å²) in [7, 11) is 0. The van der Waals surface area contributed by atoms with Crippen LogP contribution in [-0.2, 0) is 4.79 Å². The number of hydrogen-bond donors (Lipinski definition) is 1. The van der Waals surface area contributed by atoms with Crippen LogP contribution in [0.25, 0.3) is 0 Å². The summed E-state index contributed by atoms with van der Waals surface area (Å²) in [6.45, 7) is 0.987. The van der Waals surface area contributed by atoms with Crippen molar-refractivity contribution >= 4 is 23.2 Å². The van der Waals surface area contributed by atoms with E-state index < -0.39 is 30.8 Å². The number of rotatable bonds is 4. The summed E-state index contributed by atoms with van der Waals surface area (Å²) in [6.07, 6.45) is -5.97. The lowest BCUT2D eigenvalue weighted by molar-refractivity contribution is -0.302. The summed E-state index contributed by atoms with van der Waals surface area (Å²) in [5.41, 5.74) is -2.41. The van der Waals surface area contributed by atoms with Gasteiger partial charge in [-0.25, -0.2) is 0 Å². The fraction of sp³-hybridized carbons (Fsp3) is 0.263. The second-order valence-electron chi connectivity index (χ2n) is 6.31. The Morgan fingerprint density at radius 1 is 1.29 bits per heavy atom. The smallest absolute Gasteiger partial charge is 0.438 e. The molecule has 1 heterocycles. The second kappa shape index (κ2) is 7.44. The molecule has 0 bridgehead atoms. The molecule has 0 fully saturated rings. The summed E-state index contributed by atoms with van der Waals surface area (Å²) in [6, 6.07) is 12.6. The van der Waals surface area contributed by atoms with E-state index in [-0.39, 0.29) is 16.5 Å². The predicted molar refractivity (Wildman–Crippen MR) is 97.1 cm³/mol. The fourth-order valence-corrected chi connectivity index (χ4v) is 2.85. The number of nitrogens with zero attached hydrogens (tertiary/aromatic N) is 2. The Kier molecular flexibility index (Phi) is 5.36. The van der Waals surface area contributed by atoms with Gasteiger partial charge in [0.15, 0.2) is 6.61 Å². The van der Waals surface area contributed by atoms with Gasteiger partial charge >= 0.3 is 6.18 Å². The molecule has 5 nitrogen and oxygen atoms in total. The van der Waals surface area contributed by atoms with Crippen molar-refractivity contribution in [2.75, 3.05) is 6.61 Å². The molecule has 9 heteroatoms. The molecule has 0 radical (unpaired) electrons. The Morgan fingerprint density at radius 3 is 2.57 bits per heavy atom. The van der Waals surface area contributed by atoms with Crippen LogP contribution in [-0.4, -0.2) is 40.2 Å². The number of aliphatic hydroxyl groups is 1. The minimum Gasteiger partial charge on any atom is -0.484 e. The highest BCUT2D eigenvalue weighted by Crippen LogP contribution is 2.41. The quantitative estimate of drug-likeness (QED) is 0.828. The average Bonchev–Trinajstić information content (AvgIpc) is 3.02. The van der Waals surface area contributed by atoms with Crippen LogP contribution in [0.15, 0.2) is 53.6 Å². The number of ether oxygens (including phenoxy) is 1. The molecule has 0 aromatic heterocycles. The number of carbonyl (C=O) groups excluding carboxylic acids is 1. The Hall–Kier alpha value is -2.58. The van der Waals surface area contributed by atoms with Crippen molar-refractivity contribution in [3.05, 3.63) is 64.7 Å². The molecule has 0 saturated carbocycles. The van der Waals surface area contributed by atoms with E-state index in [1.165, 1.54) is 6.07 Å². The maximum atomic E-state index is 13.5. The lowest BCUT2D eigenvalue weighted by atomic mass is 10.0. The van der Waals surface area contributed by atoms with Gasteiger partial charge in [0.2, 0.25) is 0 Å². The van der Waals surface area contributed by atoms with Crippen molar-refractivity contribution in [1.29, 1.82) is 0 Å². The van der Waals surface area contributed by atoms with Gasteiger partial charge in [-0.05, 0) is 36.2 Å². The van der Waals surface area contributed by atoms with Crippen LogP contribution in [0, 0.1) is 6.92 Å². The molecule has 1 aliphatic rings. The van der Waals surface area contributed by atoms with Crippen molar-refractivity contribution < 1.29 is 27.8 Å². The number of amides is 1. The lowest BCUT2D eigenvalue weighted by Gasteiger charge is -2.32. The third-order valence-corrected chi connectivity index (χ3v) is 4.70. The van der Waals surface area contributed by atoms with Gasteiger partial charge in [0.25, 0.3) is 11.6 Å². The Morgan fingerprint density at radius 2 is 1.96 bits per heavy atom. The molecular weight excluding hydrogens is 397 g/mol. The van der Waals surface area contributed by atoms with Crippen LogP contribution in [0.5, 0.6) is 5.75 Å². The number of hydrazone groups is 1. The summed E-state index contributed by atoms with van der Waals surface area (Å²) in [5.74, 6) is -0.865. The summed E-state index contributed by atoms with van der Waals surface area (Å²) in [4.78, 5) is 12.4. The van der Waals surface area contributed by atoms with E-state index in [2.05, 4.69) is 5.10 Å². The molecule has 2 aromatic rings. The van der Waals surface area contributed by atoms with Gasteiger partial charge in [0, 0.05) is 5.02 Å². The highest BCUT2D eigenvalue weighted by atomic mass is 35.5. The molecule has 1 atom stereocenters. The van der Waals surface area contributed by atoms with E-state index in [0.717, 1.165) is 0 Å². The predicted octanol–water partition coefficient (Wildman–Crippen LogP) is 3.91. The maximum Gasteiger partial charge on any atom is 0.438 e. The third kappa shape index (κ3) is 3.83. The van der Waals surface area contributed by atoms with Crippen molar-refractivity contribution in [3.63, 3.8) is 0 Å². The van der Waals surface area contributed by atoms with Crippen LogP contribution in [0.4, 0.5) is 13.2 Å². The van der Waals surface area contributed by atoms with E-state index in [1.54, 1.807) is 49.4 Å². The van der Waals surface area contributed by atoms with E-state index in [4.69, 9.17) is 16.3 Å². The summed E-state index contributed by atoms with van der Waals surface area (Å²) >= 11 is 5.90. The number of carbonyl (C=O) groups is 1. The Labute approximate surface area is 164 Å². The average molecular weight is 413 g/mol. The normalized spacial score (nSPS) is 19.5. The van der Waals surface area contributed by atoms with Crippen LogP contribution < -0.4 is 4.74 Å². The molecule has 0 aliphatic carbocycles. The van der Waals surface area contributed by atoms with Gasteiger partial charge in [-0.15, -0.1) is 0 Å². The number of hydrogen-bond acceptors (Lipinski definition) is 4. The third-order valence-electron chi connectivity index (χ3n) is 4.27. The highest BCUT2D eigenvalue weighted by molar-refractivity contribution is 6.31. The molecule has 2 aromatic carbocycles. The Bertz CT molecular complexity index is 918. The first-order valence-electron chi connectivity index (χ1n) is 8.26. The minimum absolute atomic E-state index is 0.0453. The minimum atomic E-state index is -5.10. The summed E-state index contributed by atoms with van der Waals surface area (Å²) < 4.78 is 45.9. The van der Waals surface area contributed by atoms with Gasteiger partial charge < -0.3 is 9.84 Å². The molecule has 28 heavy (non-hydrogen) atoms. The van der Waals surface area contributed by atoms with E-state index in [1.807, 2.05) is 0 Å². The molecule has 1 amide bonds. The first kappa shape index (κ1) is 20.2. The van der Waals surface area contributed by atoms with Gasteiger partial charge in [-0.3, -0.25) is 4.79 Å². The lowest BCUT2D eigenvalue weighted by Crippen LogP contribution is -2.57. The Balaban J connectivity index is 1.83. The van der Waals surface area contributed by atoms with Gasteiger partial charge in [-0.2, -0.15) is 23.3 Å². The number of halogens is 4. The van der Waals surface area contributed by atoms with Crippen LogP contribution in [0.2, 0.25) is 5.02 Å². The largest absolute Gasteiger partial charge is 0.484 e.